The number of rotatable bonds is 5. The van der Waals surface area contributed by atoms with Gasteiger partial charge in [0, 0.05) is 31.6 Å². The van der Waals surface area contributed by atoms with E-state index in [2.05, 4.69) is 29.2 Å². The van der Waals surface area contributed by atoms with Crippen molar-refractivity contribution in [2.75, 3.05) is 33.2 Å². The zero-order valence-corrected chi connectivity index (χ0v) is 18.9. The molecule has 5 nitrogen and oxygen atoms in total. The first-order valence-corrected chi connectivity index (χ1v) is 12.0. The lowest BCUT2D eigenvalue weighted by atomic mass is 9.74. The van der Waals surface area contributed by atoms with Crippen molar-refractivity contribution in [2.24, 2.45) is 5.92 Å². The third kappa shape index (κ3) is 3.95. The van der Waals surface area contributed by atoms with Crippen molar-refractivity contribution >= 4 is 11.9 Å². The van der Waals surface area contributed by atoms with Crippen molar-refractivity contribution in [3.05, 3.63) is 59.7 Å². The summed E-state index contributed by atoms with van der Waals surface area (Å²) in [5.74, 6) is 0.0313. The summed E-state index contributed by atoms with van der Waals surface area (Å²) in [6.07, 6.45) is 5.50. The zero-order chi connectivity index (χ0) is 22.1. The molecule has 168 valence electrons. The smallest absolute Gasteiger partial charge is 0.339 e. The Labute approximate surface area is 190 Å². The van der Waals surface area contributed by atoms with Gasteiger partial charge in [-0.15, -0.1) is 0 Å². The molecule has 0 aromatic heterocycles. The van der Waals surface area contributed by atoms with E-state index in [9.17, 15) is 9.59 Å². The van der Waals surface area contributed by atoms with E-state index in [1.54, 1.807) is 0 Å². The van der Waals surface area contributed by atoms with Gasteiger partial charge in [-0.3, -0.25) is 4.79 Å². The monoisotopic (exact) mass is 432 g/mol. The maximum Gasteiger partial charge on any atom is 0.339 e. The number of fused-ring (bicyclic) bond motifs is 2. The number of nitrogens with zero attached hydrogens (tertiary/aromatic N) is 2. The molecular formula is C27H32N2O3. The van der Waals surface area contributed by atoms with E-state index in [4.69, 9.17) is 4.74 Å². The van der Waals surface area contributed by atoms with Crippen LogP contribution in [0.2, 0.25) is 0 Å². The van der Waals surface area contributed by atoms with Crippen molar-refractivity contribution in [2.45, 2.75) is 44.1 Å². The Hall–Kier alpha value is -2.66. The quantitative estimate of drug-likeness (QED) is 0.655. The van der Waals surface area contributed by atoms with Crippen LogP contribution >= 0.6 is 0 Å². The standard InChI is InChI=1S/C27H32N2O3/c1-28(17-18-29-15-5-6-16-29)25(30)21-11-13-27(14-12-21)24-10-9-22(19-23(24)26(31)32-27)20-7-3-2-4-8-20/h2-4,7-10,19,21H,5-6,11-18H2,1H3. The highest BCUT2D eigenvalue weighted by molar-refractivity contribution is 5.96. The van der Waals surface area contributed by atoms with Gasteiger partial charge in [0.25, 0.3) is 0 Å². The first-order chi connectivity index (χ1) is 15.6. The number of benzene rings is 2. The zero-order valence-electron chi connectivity index (χ0n) is 18.9. The molecule has 1 saturated heterocycles. The van der Waals surface area contributed by atoms with E-state index in [0.29, 0.717) is 18.4 Å². The Morgan fingerprint density at radius 3 is 2.50 bits per heavy atom. The molecule has 2 aromatic carbocycles. The van der Waals surface area contributed by atoms with E-state index in [1.807, 2.05) is 36.2 Å². The van der Waals surface area contributed by atoms with Gasteiger partial charge in [0.2, 0.25) is 5.91 Å². The van der Waals surface area contributed by atoms with Crippen LogP contribution in [-0.4, -0.2) is 54.9 Å². The molecule has 1 aliphatic carbocycles. The number of carbonyl (C=O) groups is 2. The summed E-state index contributed by atoms with van der Waals surface area (Å²) in [4.78, 5) is 30.1. The molecule has 3 aliphatic rings. The van der Waals surface area contributed by atoms with Crippen LogP contribution in [0.1, 0.15) is 54.4 Å². The molecule has 5 heteroatoms. The normalized spacial score (nSPS) is 25.0. The molecule has 2 aliphatic heterocycles. The van der Waals surface area contributed by atoms with Gasteiger partial charge < -0.3 is 14.5 Å². The molecule has 0 unspecified atom stereocenters. The van der Waals surface area contributed by atoms with Crippen LogP contribution in [0.15, 0.2) is 48.5 Å². The van der Waals surface area contributed by atoms with Crippen LogP contribution in [0.3, 0.4) is 0 Å². The molecule has 1 saturated carbocycles. The summed E-state index contributed by atoms with van der Waals surface area (Å²) < 4.78 is 5.98. The van der Waals surface area contributed by atoms with Crippen LogP contribution < -0.4 is 0 Å². The summed E-state index contributed by atoms with van der Waals surface area (Å²) in [7, 11) is 1.93. The third-order valence-corrected chi connectivity index (χ3v) is 7.59. The van der Waals surface area contributed by atoms with Crippen LogP contribution in [0.25, 0.3) is 11.1 Å². The van der Waals surface area contributed by atoms with E-state index >= 15 is 0 Å². The lowest BCUT2D eigenvalue weighted by molar-refractivity contribution is -0.137. The molecule has 0 bridgehead atoms. The van der Waals surface area contributed by atoms with Crippen LogP contribution in [-0.2, 0) is 15.1 Å². The Kier molecular flexibility index (Phi) is 5.76. The van der Waals surface area contributed by atoms with Gasteiger partial charge >= 0.3 is 5.97 Å². The van der Waals surface area contributed by atoms with Crippen molar-refractivity contribution < 1.29 is 14.3 Å². The highest BCUT2D eigenvalue weighted by Gasteiger charge is 2.48. The average molecular weight is 433 g/mol. The Balaban J connectivity index is 1.25. The van der Waals surface area contributed by atoms with E-state index < -0.39 is 5.60 Å². The Morgan fingerprint density at radius 2 is 1.78 bits per heavy atom. The number of hydrogen-bond acceptors (Lipinski definition) is 4. The number of likely N-dealkylation sites (tertiary alicyclic amines) is 1. The van der Waals surface area contributed by atoms with Crippen LogP contribution in [0, 0.1) is 5.92 Å². The summed E-state index contributed by atoms with van der Waals surface area (Å²) in [5, 5.41) is 0. The highest BCUT2D eigenvalue weighted by atomic mass is 16.6. The van der Waals surface area contributed by atoms with Crippen molar-refractivity contribution in [1.29, 1.82) is 0 Å². The van der Waals surface area contributed by atoms with Gasteiger partial charge in [0.05, 0.1) is 5.56 Å². The SMILES string of the molecule is CN(CCN1CCCC1)C(=O)C1CCC2(CC1)OC(=O)c1cc(-c3ccccc3)ccc12. The maximum absolute atomic E-state index is 13.0. The molecule has 2 fully saturated rings. The second-order valence-electron chi connectivity index (χ2n) is 9.59. The summed E-state index contributed by atoms with van der Waals surface area (Å²) in [5.41, 5.74) is 3.23. The third-order valence-electron chi connectivity index (χ3n) is 7.59. The van der Waals surface area contributed by atoms with Crippen molar-refractivity contribution in [3.8, 4) is 11.1 Å². The summed E-state index contributed by atoms with van der Waals surface area (Å²) in [6, 6.07) is 16.2. The molecule has 32 heavy (non-hydrogen) atoms. The fourth-order valence-electron chi connectivity index (χ4n) is 5.63. The number of amides is 1. The molecule has 2 aromatic rings. The van der Waals surface area contributed by atoms with E-state index in [-0.39, 0.29) is 17.8 Å². The molecule has 0 radical (unpaired) electrons. The van der Waals surface area contributed by atoms with E-state index in [0.717, 1.165) is 55.7 Å². The van der Waals surface area contributed by atoms with Gasteiger partial charge in [0.15, 0.2) is 0 Å². The Bertz CT molecular complexity index is 989. The number of ether oxygens (including phenoxy) is 1. The molecule has 0 atom stereocenters. The topological polar surface area (TPSA) is 49.9 Å². The molecule has 0 N–H and O–H groups in total. The van der Waals surface area contributed by atoms with E-state index in [1.165, 1.54) is 12.8 Å². The largest absolute Gasteiger partial charge is 0.451 e. The maximum atomic E-state index is 13.0. The average Bonchev–Trinajstić information content (AvgIpc) is 3.45. The molecule has 1 amide bonds. The van der Waals surface area contributed by atoms with Gasteiger partial charge in [-0.2, -0.15) is 0 Å². The van der Waals surface area contributed by atoms with Crippen molar-refractivity contribution in [3.63, 3.8) is 0 Å². The molecule has 5 rings (SSSR count). The fourth-order valence-corrected chi connectivity index (χ4v) is 5.63. The minimum Gasteiger partial charge on any atom is -0.451 e. The summed E-state index contributed by atoms with van der Waals surface area (Å²) in [6.45, 7) is 4.07. The second kappa shape index (κ2) is 8.70. The first kappa shape index (κ1) is 21.2. The van der Waals surface area contributed by atoms with Crippen molar-refractivity contribution in [1.82, 2.24) is 9.80 Å². The Morgan fingerprint density at radius 1 is 1.06 bits per heavy atom. The molecule has 1 spiro atoms. The van der Waals surface area contributed by atoms with Gasteiger partial charge in [-0.05, 0) is 68.8 Å². The van der Waals surface area contributed by atoms with Gasteiger partial charge in [0.1, 0.15) is 5.60 Å². The molecule has 2 heterocycles. The van der Waals surface area contributed by atoms with Crippen LogP contribution in [0.4, 0.5) is 0 Å². The minimum atomic E-state index is -0.563. The van der Waals surface area contributed by atoms with Gasteiger partial charge in [-0.25, -0.2) is 4.79 Å². The fraction of sp³-hybridized carbons (Fsp3) is 0.481. The predicted octanol–water partition coefficient (Wildman–Crippen LogP) is 4.46. The lowest BCUT2D eigenvalue weighted by Gasteiger charge is -2.37. The van der Waals surface area contributed by atoms with Crippen LogP contribution in [0.5, 0.6) is 0 Å². The second-order valence-corrected chi connectivity index (χ2v) is 9.59. The molecular weight excluding hydrogens is 400 g/mol. The lowest BCUT2D eigenvalue weighted by Crippen LogP contribution is -2.41. The minimum absolute atomic E-state index is 0.0237. The van der Waals surface area contributed by atoms with Gasteiger partial charge in [-0.1, -0.05) is 42.5 Å². The number of likely N-dealkylation sites (N-methyl/N-ethyl adjacent to an activating group) is 1. The predicted molar refractivity (Wildman–Crippen MR) is 124 cm³/mol. The first-order valence-electron chi connectivity index (χ1n) is 12.0. The number of hydrogen-bond donors (Lipinski definition) is 0. The number of esters is 1. The highest BCUT2D eigenvalue weighted by Crippen LogP contribution is 2.49. The number of carbonyl (C=O) groups excluding carboxylic acids is 2. The summed E-state index contributed by atoms with van der Waals surface area (Å²) >= 11 is 0.